The Morgan fingerprint density at radius 3 is 1.08 bits per heavy atom. The molecule has 0 bridgehead atoms. The fraction of sp³-hybridized carbons (Fsp3) is 0.0500. The van der Waals surface area contributed by atoms with Crippen LogP contribution in [-0.2, 0) is 4.79 Å². The number of aliphatic carboxylic acids is 1. The normalized spacial score (nSPS) is 10.8. The number of rotatable bonds is 3. The zero-order chi connectivity index (χ0) is 19.0. The molecular weight excluding hydrogens is 500 g/mol. The minimum atomic E-state index is -2.17. The van der Waals surface area contributed by atoms with Crippen molar-refractivity contribution >= 4 is 71.5 Å². The summed E-state index contributed by atoms with van der Waals surface area (Å²) in [5.74, 6) is -1.46. The van der Waals surface area contributed by atoms with Gasteiger partial charge in [-0.2, -0.15) is 0 Å². The predicted octanol–water partition coefficient (Wildman–Crippen LogP) is 3.64. The van der Waals surface area contributed by atoms with E-state index in [-0.39, 0.29) is 0 Å². The first-order chi connectivity index (χ1) is 12.4. The number of halogens is 3. The second-order valence-corrected chi connectivity index (χ2v) is 13.8. The SMILES string of the molecule is O=C(O)C(Cl)(Cl)Cl.c1cc[c]([Sb]([c]2ccccc2)[c]2ccccc2)cc1. The average molecular weight is 516 g/mol. The zero-order valence-corrected chi connectivity index (χ0v) is 18.4. The molecule has 0 atom stereocenters. The summed E-state index contributed by atoms with van der Waals surface area (Å²) in [5, 5.41) is 7.85. The summed E-state index contributed by atoms with van der Waals surface area (Å²) >= 11 is 12.6. The molecule has 134 valence electrons. The molecule has 3 aromatic rings. The second-order valence-electron chi connectivity index (χ2n) is 5.14. The number of alkyl halides is 3. The molecule has 0 spiro atoms. The van der Waals surface area contributed by atoms with Gasteiger partial charge in [-0.3, -0.25) is 0 Å². The van der Waals surface area contributed by atoms with Crippen molar-refractivity contribution in [2.45, 2.75) is 3.79 Å². The fourth-order valence-electron chi connectivity index (χ4n) is 2.18. The van der Waals surface area contributed by atoms with Crippen LogP contribution in [-0.4, -0.2) is 35.1 Å². The van der Waals surface area contributed by atoms with Gasteiger partial charge in [-0.15, -0.1) is 0 Å². The van der Waals surface area contributed by atoms with Gasteiger partial charge >= 0.3 is 128 Å². The van der Waals surface area contributed by atoms with Crippen LogP contribution in [0.25, 0.3) is 0 Å². The number of carbonyl (C=O) groups is 1. The molecule has 3 rings (SSSR count). The van der Waals surface area contributed by atoms with Crippen molar-refractivity contribution in [2.24, 2.45) is 0 Å². The van der Waals surface area contributed by atoms with E-state index in [9.17, 15) is 4.79 Å². The first-order valence-electron chi connectivity index (χ1n) is 7.65. The van der Waals surface area contributed by atoms with Crippen molar-refractivity contribution in [1.29, 1.82) is 0 Å². The maximum absolute atomic E-state index is 9.62. The topological polar surface area (TPSA) is 37.3 Å². The molecule has 0 aliphatic carbocycles. The van der Waals surface area contributed by atoms with Crippen LogP contribution in [0.15, 0.2) is 91.0 Å². The van der Waals surface area contributed by atoms with Gasteiger partial charge in [0.05, 0.1) is 0 Å². The van der Waals surface area contributed by atoms with Crippen LogP contribution < -0.4 is 10.5 Å². The third kappa shape index (κ3) is 6.52. The summed E-state index contributed by atoms with van der Waals surface area (Å²) in [5.41, 5.74) is 0. The van der Waals surface area contributed by atoms with Gasteiger partial charge in [0.1, 0.15) is 0 Å². The van der Waals surface area contributed by atoms with Gasteiger partial charge < -0.3 is 5.11 Å². The molecule has 0 heterocycles. The van der Waals surface area contributed by atoms with E-state index in [0.29, 0.717) is 0 Å². The molecule has 0 saturated carbocycles. The van der Waals surface area contributed by atoms with E-state index in [1.807, 2.05) is 0 Å². The van der Waals surface area contributed by atoms with Crippen molar-refractivity contribution in [3.8, 4) is 0 Å². The third-order valence-electron chi connectivity index (χ3n) is 3.29. The van der Waals surface area contributed by atoms with Crippen LogP contribution in [0.4, 0.5) is 0 Å². The standard InChI is InChI=1S/3C6H5.C2HCl3O2.Sb/c3*1-2-4-6-5-3-1;3-2(4,5)1(6)7;/h3*1-5H;(H,6,7);. The zero-order valence-electron chi connectivity index (χ0n) is 13.6. The van der Waals surface area contributed by atoms with Crippen LogP contribution in [0.3, 0.4) is 0 Å². The van der Waals surface area contributed by atoms with Gasteiger partial charge in [0.15, 0.2) is 0 Å². The van der Waals surface area contributed by atoms with Gasteiger partial charge in [-0.25, -0.2) is 4.79 Å². The van der Waals surface area contributed by atoms with Crippen molar-refractivity contribution in [1.82, 2.24) is 0 Å². The van der Waals surface area contributed by atoms with E-state index in [1.54, 1.807) is 0 Å². The molecule has 1 N–H and O–H groups in total. The summed E-state index contributed by atoms with van der Waals surface area (Å²) in [6, 6.07) is 32.9. The molecular formula is C20H16Cl3O2Sb. The van der Waals surface area contributed by atoms with E-state index in [1.165, 1.54) is 10.5 Å². The molecule has 0 amide bonds. The maximum atomic E-state index is 9.62. The van der Waals surface area contributed by atoms with E-state index in [4.69, 9.17) is 39.9 Å². The summed E-state index contributed by atoms with van der Waals surface area (Å²) in [6.45, 7) is 0. The van der Waals surface area contributed by atoms with Gasteiger partial charge in [0.25, 0.3) is 3.79 Å². The molecule has 0 aliphatic heterocycles. The summed E-state index contributed by atoms with van der Waals surface area (Å²) in [4.78, 5) is 9.62. The number of benzene rings is 3. The summed E-state index contributed by atoms with van der Waals surface area (Å²) in [7, 11) is 0. The molecule has 0 aromatic heterocycles. The van der Waals surface area contributed by atoms with Gasteiger partial charge in [-0.05, 0) is 0 Å². The number of carboxylic acids is 1. The Morgan fingerprint density at radius 1 is 0.654 bits per heavy atom. The van der Waals surface area contributed by atoms with Gasteiger partial charge in [-0.1, -0.05) is 34.8 Å². The van der Waals surface area contributed by atoms with Crippen molar-refractivity contribution in [3.63, 3.8) is 0 Å². The second kappa shape index (κ2) is 10.2. The molecule has 0 radical (unpaired) electrons. The summed E-state index contributed by atoms with van der Waals surface area (Å²) in [6.07, 6.45) is 0. The number of carboxylic acid groups (broad SMARTS) is 1. The first-order valence-corrected chi connectivity index (χ1v) is 12.6. The van der Waals surface area contributed by atoms with Crippen molar-refractivity contribution in [3.05, 3.63) is 91.0 Å². The molecule has 2 nitrogen and oxygen atoms in total. The molecule has 0 aliphatic rings. The molecule has 3 aromatic carbocycles. The molecule has 26 heavy (non-hydrogen) atoms. The molecule has 0 unspecified atom stereocenters. The first kappa shape index (κ1) is 21.1. The Bertz CT molecular complexity index is 713. The Hall–Kier alpha value is -1.18. The van der Waals surface area contributed by atoms with Crippen molar-refractivity contribution < 1.29 is 9.90 Å². The number of hydrogen-bond acceptors (Lipinski definition) is 1. The average Bonchev–Trinajstić information content (AvgIpc) is 2.64. The van der Waals surface area contributed by atoms with Crippen LogP contribution in [0, 0.1) is 0 Å². The Morgan fingerprint density at radius 2 is 0.885 bits per heavy atom. The van der Waals surface area contributed by atoms with Crippen LogP contribution >= 0.6 is 34.8 Å². The Balaban J connectivity index is 0.000000298. The molecule has 6 heteroatoms. The monoisotopic (exact) mass is 514 g/mol. The predicted molar refractivity (Wildman–Crippen MR) is 112 cm³/mol. The van der Waals surface area contributed by atoms with Crippen molar-refractivity contribution in [2.75, 3.05) is 0 Å². The Kier molecular flexibility index (Phi) is 8.31. The molecule has 0 saturated heterocycles. The van der Waals surface area contributed by atoms with Gasteiger partial charge in [0.2, 0.25) is 0 Å². The van der Waals surface area contributed by atoms with E-state index >= 15 is 0 Å². The van der Waals surface area contributed by atoms with Crippen LogP contribution in [0.1, 0.15) is 0 Å². The van der Waals surface area contributed by atoms with E-state index in [2.05, 4.69) is 91.0 Å². The third-order valence-corrected chi connectivity index (χ3v) is 10.7. The van der Waals surface area contributed by atoms with Crippen LogP contribution in [0.2, 0.25) is 0 Å². The van der Waals surface area contributed by atoms with Crippen LogP contribution in [0.5, 0.6) is 0 Å². The van der Waals surface area contributed by atoms with E-state index in [0.717, 1.165) is 0 Å². The molecule has 0 fully saturated rings. The van der Waals surface area contributed by atoms with Gasteiger partial charge in [0, 0.05) is 0 Å². The minimum absolute atomic E-state index is 1.46. The summed E-state index contributed by atoms with van der Waals surface area (Å²) < 4.78 is 2.38. The number of hydrogen-bond donors (Lipinski definition) is 1. The fourth-order valence-corrected chi connectivity index (χ4v) is 8.76. The quantitative estimate of drug-likeness (QED) is 0.427. The Labute approximate surface area is 175 Å². The van der Waals surface area contributed by atoms with E-state index < -0.39 is 30.0 Å².